The maximum absolute atomic E-state index is 12.0. The summed E-state index contributed by atoms with van der Waals surface area (Å²) in [5.74, 6) is 0.785. The molecule has 0 radical (unpaired) electrons. The van der Waals surface area contributed by atoms with Gasteiger partial charge in [0.25, 0.3) is 0 Å². The van der Waals surface area contributed by atoms with E-state index in [1.807, 2.05) is 36.9 Å². The van der Waals surface area contributed by atoms with E-state index >= 15 is 0 Å². The smallest absolute Gasteiger partial charge is 0.413 e. The van der Waals surface area contributed by atoms with E-state index < -0.39 is 23.9 Å². The standard InChI is InChI=1S/C15H22F3NO3S/c1-4-19(13-10-12(2)6-7-14(13)21-3)8-5-9-23(20)22-11-15(16,17)18/h6-7,10H,4-5,8-9,11H2,1-3H3. The molecule has 1 aromatic carbocycles. The third-order valence-electron chi connectivity index (χ3n) is 3.15. The molecule has 0 spiro atoms. The van der Waals surface area contributed by atoms with E-state index in [9.17, 15) is 17.4 Å². The van der Waals surface area contributed by atoms with Crippen LogP contribution in [0.4, 0.5) is 18.9 Å². The molecule has 0 aliphatic carbocycles. The maximum atomic E-state index is 12.0. The van der Waals surface area contributed by atoms with Crippen molar-refractivity contribution in [1.29, 1.82) is 0 Å². The highest BCUT2D eigenvalue weighted by molar-refractivity contribution is 7.80. The normalized spacial score (nSPS) is 13.0. The number of aryl methyl sites for hydroxylation is 1. The molecule has 0 amide bonds. The lowest BCUT2D eigenvalue weighted by Crippen LogP contribution is -2.26. The fraction of sp³-hybridized carbons (Fsp3) is 0.600. The van der Waals surface area contributed by atoms with E-state index in [4.69, 9.17) is 4.74 Å². The van der Waals surface area contributed by atoms with E-state index in [1.54, 1.807) is 7.11 Å². The Hall–Kier alpha value is -1.28. The van der Waals surface area contributed by atoms with Gasteiger partial charge in [-0.15, -0.1) is 0 Å². The van der Waals surface area contributed by atoms with Crippen LogP contribution in [0.3, 0.4) is 0 Å². The first kappa shape index (κ1) is 19.8. The van der Waals surface area contributed by atoms with E-state index in [2.05, 4.69) is 4.18 Å². The molecule has 0 aromatic heterocycles. The number of ether oxygens (including phenoxy) is 1. The van der Waals surface area contributed by atoms with E-state index in [1.165, 1.54) is 0 Å². The van der Waals surface area contributed by atoms with Gasteiger partial charge in [0.2, 0.25) is 0 Å². The fourth-order valence-corrected chi connectivity index (χ4v) is 2.81. The van der Waals surface area contributed by atoms with Gasteiger partial charge in [-0.25, -0.2) is 4.21 Å². The molecule has 1 aromatic rings. The summed E-state index contributed by atoms with van der Waals surface area (Å²) in [7, 11) is 1.59. The summed E-state index contributed by atoms with van der Waals surface area (Å²) in [6.07, 6.45) is -4.00. The van der Waals surface area contributed by atoms with Crippen molar-refractivity contribution in [3.63, 3.8) is 0 Å². The number of halogens is 3. The summed E-state index contributed by atoms with van der Waals surface area (Å²) in [6, 6.07) is 5.80. The SMILES string of the molecule is CCN(CCCS(=O)OCC(F)(F)F)c1cc(C)ccc1OC. The van der Waals surface area contributed by atoms with Crippen molar-refractivity contribution in [1.82, 2.24) is 0 Å². The van der Waals surface area contributed by atoms with Crippen LogP contribution in [0, 0.1) is 6.92 Å². The summed E-state index contributed by atoms with van der Waals surface area (Å²) >= 11 is -1.93. The predicted octanol–water partition coefficient (Wildman–Crippen LogP) is 3.46. The molecule has 23 heavy (non-hydrogen) atoms. The number of anilines is 1. The fourth-order valence-electron chi connectivity index (χ4n) is 2.06. The Morgan fingerprint density at radius 3 is 2.57 bits per heavy atom. The number of rotatable bonds is 9. The van der Waals surface area contributed by atoms with Crippen LogP contribution in [-0.4, -0.2) is 42.9 Å². The van der Waals surface area contributed by atoms with Crippen molar-refractivity contribution in [3.05, 3.63) is 23.8 Å². The van der Waals surface area contributed by atoms with E-state index in [-0.39, 0.29) is 5.75 Å². The highest BCUT2D eigenvalue weighted by Gasteiger charge is 2.28. The van der Waals surface area contributed by atoms with Crippen molar-refractivity contribution in [2.24, 2.45) is 0 Å². The summed E-state index contributed by atoms with van der Waals surface area (Å²) in [5, 5.41) is 0. The first-order chi connectivity index (χ1) is 10.8. The minimum absolute atomic E-state index is 0.0563. The summed E-state index contributed by atoms with van der Waals surface area (Å²) < 4.78 is 57.0. The van der Waals surface area contributed by atoms with Crippen molar-refractivity contribution in [3.8, 4) is 5.75 Å². The van der Waals surface area contributed by atoms with Crippen molar-refractivity contribution in [2.45, 2.75) is 26.4 Å². The number of methoxy groups -OCH3 is 1. The Kier molecular flexibility index (Phi) is 7.84. The lowest BCUT2D eigenvalue weighted by atomic mass is 10.2. The number of hydrogen-bond donors (Lipinski definition) is 0. The second kappa shape index (κ2) is 9.12. The first-order valence-electron chi connectivity index (χ1n) is 7.24. The van der Waals surface area contributed by atoms with Crippen LogP contribution >= 0.6 is 0 Å². The Bertz CT molecular complexity index is 523. The van der Waals surface area contributed by atoms with Gasteiger partial charge in [0.1, 0.15) is 5.75 Å². The molecule has 0 aliphatic heterocycles. The van der Waals surface area contributed by atoms with Crippen LogP contribution in [-0.2, 0) is 15.3 Å². The second-order valence-corrected chi connectivity index (χ2v) is 6.25. The molecule has 1 unspecified atom stereocenters. The largest absolute Gasteiger partial charge is 0.495 e. The number of benzene rings is 1. The molecule has 0 N–H and O–H groups in total. The van der Waals surface area contributed by atoms with Crippen LogP contribution in [0.15, 0.2) is 18.2 Å². The molecule has 1 atom stereocenters. The summed E-state index contributed by atoms with van der Waals surface area (Å²) in [6.45, 7) is 3.71. The lowest BCUT2D eigenvalue weighted by Gasteiger charge is -2.25. The zero-order valence-electron chi connectivity index (χ0n) is 13.5. The second-order valence-electron chi connectivity index (χ2n) is 4.99. The minimum atomic E-state index is -4.46. The van der Waals surface area contributed by atoms with Crippen LogP contribution in [0.2, 0.25) is 0 Å². The molecule has 4 nitrogen and oxygen atoms in total. The van der Waals surface area contributed by atoms with Gasteiger partial charge in [0.05, 0.1) is 18.6 Å². The van der Waals surface area contributed by atoms with Gasteiger partial charge >= 0.3 is 6.18 Å². The average molecular weight is 353 g/mol. The zero-order chi connectivity index (χ0) is 17.5. The number of alkyl halides is 3. The molecule has 1 rings (SSSR count). The molecular formula is C15H22F3NO3S. The van der Waals surface area contributed by atoms with Gasteiger partial charge in [-0.3, -0.25) is 4.18 Å². The summed E-state index contributed by atoms with van der Waals surface area (Å²) in [4.78, 5) is 2.03. The van der Waals surface area contributed by atoms with Gasteiger partial charge in [-0.2, -0.15) is 13.2 Å². The molecule has 0 heterocycles. The number of nitrogens with zero attached hydrogens (tertiary/aromatic N) is 1. The van der Waals surface area contributed by atoms with Gasteiger partial charge in [-0.05, 0) is 38.0 Å². The highest BCUT2D eigenvalue weighted by Crippen LogP contribution is 2.29. The van der Waals surface area contributed by atoms with Crippen LogP contribution in [0.5, 0.6) is 5.75 Å². The average Bonchev–Trinajstić information content (AvgIpc) is 2.49. The van der Waals surface area contributed by atoms with Crippen LogP contribution in [0.25, 0.3) is 0 Å². The Balaban J connectivity index is 2.55. The molecular weight excluding hydrogens is 331 g/mol. The molecule has 0 bridgehead atoms. The monoisotopic (exact) mass is 353 g/mol. The number of hydrogen-bond acceptors (Lipinski definition) is 4. The van der Waals surface area contributed by atoms with E-state index in [0.29, 0.717) is 19.5 Å². The molecule has 0 fully saturated rings. The highest BCUT2D eigenvalue weighted by atomic mass is 32.2. The van der Waals surface area contributed by atoms with E-state index in [0.717, 1.165) is 17.0 Å². The summed E-state index contributed by atoms with van der Waals surface area (Å²) in [5.41, 5.74) is 1.99. The van der Waals surface area contributed by atoms with Crippen LogP contribution in [0.1, 0.15) is 18.9 Å². The van der Waals surface area contributed by atoms with Gasteiger partial charge < -0.3 is 9.64 Å². The van der Waals surface area contributed by atoms with Gasteiger partial charge in [0, 0.05) is 13.1 Å². The van der Waals surface area contributed by atoms with Gasteiger partial charge in [-0.1, -0.05) is 6.07 Å². The molecule has 0 saturated heterocycles. The maximum Gasteiger partial charge on any atom is 0.413 e. The minimum Gasteiger partial charge on any atom is -0.495 e. The molecule has 8 heteroatoms. The Morgan fingerprint density at radius 1 is 1.30 bits per heavy atom. The van der Waals surface area contributed by atoms with Crippen LogP contribution < -0.4 is 9.64 Å². The quantitative estimate of drug-likeness (QED) is 0.681. The predicted molar refractivity (Wildman–Crippen MR) is 85.3 cm³/mol. The molecule has 0 saturated carbocycles. The molecule has 132 valence electrons. The Labute approximate surface area is 137 Å². The third kappa shape index (κ3) is 7.22. The van der Waals surface area contributed by atoms with Crippen molar-refractivity contribution >= 4 is 16.8 Å². The molecule has 0 aliphatic rings. The topological polar surface area (TPSA) is 38.8 Å². The van der Waals surface area contributed by atoms with Crippen molar-refractivity contribution < 1.29 is 26.3 Å². The zero-order valence-corrected chi connectivity index (χ0v) is 14.3. The van der Waals surface area contributed by atoms with Crippen molar-refractivity contribution in [2.75, 3.05) is 37.5 Å². The lowest BCUT2D eigenvalue weighted by molar-refractivity contribution is -0.151. The first-order valence-corrected chi connectivity index (χ1v) is 8.49. The third-order valence-corrected chi connectivity index (χ3v) is 4.15. The van der Waals surface area contributed by atoms with Gasteiger partial charge in [0.15, 0.2) is 17.7 Å². The Morgan fingerprint density at radius 2 is 2.00 bits per heavy atom.